The van der Waals surface area contributed by atoms with Gasteiger partial charge in [0.1, 0.15) is 0 Å². The van der Waals surface area contributed by atoms with Gasteiger partial charge in [-0.15, -0.1) is 0 Å². The zero-order valence-corrected chi connectivity index (χ0v) is 13.6. The molecular weight excluding hydrogens is 288 g/mol. The first-order valence-electron chi connectivity index (χ1n) is 7.67. The molecule has 0 aliphatic heterocycles. The number of likely N-dealkylation sites (N-methyl/N-ethyl adjacent to an activating group) is 1. The third kappa shape index (κ3) is 3.23. The van der Waals surface area contributed by atoms with Crippen LogP contribution in [0.2, 0.25) is 0 Å². The van der Waals surface area contributed by atoms with Gasteiger partial charge in [0.05, 0.1) is 5.52 Å². The van der Waals surface area contributed by atoms with Crippen molar-refractivity contribution >= 4 is 11.4 Å². The third-order valence-corrected chi connectivity index (χ3v) is 4.05. The number of pyridine rings is 2. The fourth-order valence-corrected chi connectivity index (χ4v) is 2.57. The molecule has 0 radical (unpaired) electrons. The lowest BCUT2D eigenvalue weighted by molar-refractivity contribution is 0.0736. The summed E-state index contributed by atoms with van der Waals surface area (Å²) in [5.74, 6) is -0.0751. The third-order valence-electron chi connectivity index (χ3n) is 4.05. The quantitative estimate of drug-likeness (QED) is 0.744. The van der Waals surface area contributed by atoms with E-state index in [1.54, 1.807) is 15.6 Å². The second-order valence-corrected chi connectivity index (χ2v) is 5.89. The summed E-state index contributed by atoms with van der Waals surface area (Å²) in [5.41, 5.74) is 3.55. The predicted molar refractivity (Wildman–Crippen MR) is 89.4 cm³/mol. The minimum atomic E-state index is -0.0751. The van der Waals surface area contributed by atoms with Gasteiger partial charge in [-0.25, -0.2) is 4.52 Å². The summed E-state index contributed by atoms with van der Waals surface area (Å²) >= 11 is 0. The normalized spacial score (nSPS) is 12.3. The van der Waals surface area contributed by atoms with Gasteiger partial charge in [0, 0.05) is 37.6 Å². The molecule has 5 heteroatoms. The molecule has 3 rings (SSSR count). The number of rotatable bonds is 4. The van der Waals surface area contributed by atoms with Crippen LogP contribution in [0.15, 0.2) is 48.8 Å². The Morgan fingerprint density at radius 2 is 2.13 bits per heavy atom. The van der Waals surface area contributed by atoms with Gasteiger partial charge in [-0.3, -0.25) is 9.78 Å². The Kier molecular flexibility index (Phi) is 4.10. The Balaban J connectivity index is 1.75. The van der Waals surface area contributed by atoms with Crippen LogP contribution in [0.1, 0.15) is 28.7 Å². The van der Waals surface area contributed by atoms with Crippen LogP contribution >= 0.6 is 0 Å². The van der Waals surface area contributed by atoms with E-state index in [-0.39, 0.29) is 11.9 Å². The summed E-state index contributed by atoms with van der Waals surface area (Å²) in [6.45, 7) is 4.07. The van der Waals surface area contributed by atoms with Crippen molar-refractivity contribution in [3.05, 3.63) is 65.7 Å². The molecule has 1 unspecified atom stereocenters. The van der Waals surface area contributed by atoms with Crippen LogP contribution in [-0.2, 0) is 6.42 Å². The average molecular weight is 308 g/mol. The number of aromatic nitrogens is 3. The molecule has 5 nitrogen and oxygen atoms in total. The molecular formula is C18H20N4O. The van der Waals surface area contributed by atoms with E-state index in [1.165, 1.54) is 5.56 Å². The fraction of sp³-hybridized carbons (Fsp3) is 0.278. The van der Waals surface area contributed by atoms with Gasteiger partial charge < -0.3 is 4.90 Å². The van der Waals surface area contributed by atoms with Gasteiger partial charge in [0.25, 0.3) is 5.91 Å². The first-order chi connectivity index (χ1) is 11.0. The van der Waals surface area contributed by atoms with Gasteiger partial charge in [-0.2, -0.15) is 5.10 Å². The number of amides is 1. The second-order valence-electron chi connectivity index (χ2n) is 5.89. The van der Waals surface area contributed by atoms with Crippen molar-refractivity contribution in [1.82, 2.24) is 19.5 Å². The summed E-state index contributed by atoms with van der Waals surface area (Å²) in [5, 5.41) is 4.35. The van der Waals surface area contributed by atoms with Gasteiger partial charge in [0.2, 0.25) is 0 Å². The summed E-state index contributed by atoms with van der Waals surface area (Å²) < 4.78 is 1.72. The lowest BCUT2D eigenvalue weighted by atomic mass is 10.1. The lowest BCUT2D eigenvalue weighted by Crippen LogP contribution is -2.36. The van der Waals surface area contributed by atoms with E-state index in [9.17, 15) is 4.79 Å². The molecule has 3 aromatic rings. The smallest absolute Gasteiger partial charge is 0.274 e. The van der Waals surface area contributed by atoms with Crippen LogP contribution in [0.4, 0.5) is 0 Å². The van der Waals surface area contributed by atoms with Crippen LogP contribution in [0, 0.1) is 6.92 Å². The van der Waals surface area contributed by atoms with Crippen molar-refractivity contribution in [1.29, 1.82) is 0 Å². The van der Waals surface area contributed by atoms with E-state index in [4.69, 9.17) is 0 Å². The fourth-order valence-electron chi connectivity index (χ4n) is 2.57. The predicted octanol–water partition coefficient (Wildman–Crippen LogP) is 2.74. The van der Waals surface area contributed by atoms with E-state index in [2.05, 4.69) is 16.1 Å². The topological polar surface area (TPSA) is 50.5 Å². The number of fused-ring (bicyclic) bond motifs is 1. The molecule has 0 N–H and O–H groups in total. The van der Waals surface area contributed by atoms with E-state index in [1.807, 2.05) is 57.4 Å². The number of aryl methyl sites for hydroxylation is 1. The van der Waals surface area contributed by atoms with E-state index >= 15 is 0 Å². The molecule has 3 aromatic heterocycles. The first-order valence-corrected chi connectivity index (χ1v) is 7.67. The number of hydrogen-bond acceptors (Lipinski definition) is 3. The molecule has 0 saturated heterocycles. The van der Waals surface area contributed by atoms with Gasteiger partial charge >= 0.3 is 0 Å². The number of carbonyl (C=O) groups is 1. The molecule has 0 spiro atoms. The molecule has 0 saturated carbocycles. The minimum Gasteiger partial charge on any atom is -0.337 e. The summed E-state index contributed by atoms with van der Waals surface area (Å²) in [6.07, 6.45) is 4.37. The van der Waals surface area contributed by atoms with Crippen LogP contribution < -0.4 is 0 Å². The van der Waals surface area contributed by atoms with Crippen molar-refractivity contribution in [3.8, 4) is 0 Å². The zero-order valence-electron chi connectivity index (χ0n) is 13.6. The Morgan fingerprint density at radius 1 is 1.30 bits per heavy atom. The van der Waals surface area contributed by atoms with Crippen molar-refractivity contribution in [2.45, 2.75) is 26.3 Å². The maximum Gasteiger partial charge on any atom is 0.274 e. The first kappa shape index (κ1) is 15.2. The Morgan fingerprint density at radius 3 is 2.87 bits per heavy atom. The maximum absolute atomic E-state index is 12.6. The van der Waals surface area contributed by atoms with E-state index in [0.29, 0.717) is 5.69 Å². The lowest BCUT2D eigenvalue weighted by Gasteiger charge is -2.24. The molecule has 1 atom stereocenters. The Labute approximate surface area is 135 Å². The molecule has 0 aromatic carbocycles. The number of nitrogens with zero attached hydrogens (tertiary/aromatic N) is 4. The van der Waals surface area contributed by atoms with Gasteiger partial charge in [-0.1, -0.05) is 6.07 Å². The maximum atomic E-state index is 12.6. The molecule has 3 heterocycles. The van der Waals surface area contributed by atoms with Crippen LogP contribution in [0.25, 0.3) is 5.52 Å². The highest BCUT2D eigenvalue weighted by Crippen LogP contribution is 2.12. The molecule has 23 heavy (non-hydrogen) atoms. The largest absolute Gasteiger partial charge is 0.337 e. The SMILES string of the molecule is Cc1ccnc(CC(C)N(C)C(=O)c2cc3ccccn3n2)c1. The van der Waals surface area contributed by atoms with Crippen LogP contribution in [-0.4, -0.2) is 38.5 Å². The molecule has 1 amide bonds. The standard InChI is InChI=1S/C18H20N4O/c1-13-7-8-19-15(10-13)11-14(2)21(3)18(23)17-12-16-6-4-5-9-22(16)20-17/h4-10,12,14H,11H2,1-3H3. The highest BCUT2D eigenvalue weighted by Gasteiger charge is 2.20. The van der Waals surface area contributed by atoms with E-state index in [0.717, 1.165) is 17.6 Å². The Bertz CT molecular complexity index is 807. The highest BCUT2D eigenvalue weighted by molar-refractivity contribution is 5.93. The molecule has 0 bridgehead atoms. The summed E-state index contributed by atoms with van der Waals surface area (Å²) in [4.78, 5) is 18.7. The van der Waals surface area contributed by atoms with Crippen LogP contribution in [0.5, 0.6) is 0 Å². The molecule has 0 aliphatic carbocycles. The molecule has 118 valence electrons. The second kappa shape index (κ2) is 6.20. The minimum absolute atomic E-state index is 0.0432. The van der Waals surface area contributed by atoms with Crippen molar-refractivity contribution in [2.24, 2.45) is 0 Å². The number of carbonyl (C=O) groups excluding carboxylic acids is 1. The van der Waals surface area contributed by atoms with E-state index < -0.39 is 0 Å². The Hall–Kier alpha value is -2.69. The number of hydrogen-bond donors (Lipinski definition) is 0. The van der Waals surface area contributed by atoms with Crippen molar-refractivity contribution < 1.29 is 4.79 Å². The van der Waals surface area contributed by atoms with Crippen molar-refractivity contribution in [2.75, 3.05) is 7.05 Å². The summed E-state index contributed by atoms with van der Waals surface area (Å²) in [7, 11) is 1.81. The molecule has 0 fully saturated rings. The van der Waals surface area contributed by atoms with Crippen molar-refractivity contribution in [3.63, 3.8) is 0 Å². The highest BCUT2D eigenvalue weighted by atomic mass is 16.2. The zero-order chi connectivity index (χ0) is 16.4. The van der Waals surface area contributed by atoms with Gasteiger partial charge in [-0.05, 0) is 49.7 Å². The average Bonchev–Trinajstić information content (AvgIpc) is 2.97. The summed E-state index contributed by atoms with van der Waals surface area (Å²) in [6, 6.07) is 11.6. The van der Waals surface area contributed by atoms with Gasteiger partial charge in [0.15, 0.2) is 5.69 Å². The monoisotopic (exact) mass is 308 g/mol. The molecule has 0 aliphatic rings. The van der Waals surface area contributed by atoms with Crippen LogP contribution in [0.3, 0.4) is 0 Å².